The molecule has 1 aliphatic rings. The Kier molecular flexibility index (Phi) is 8.55. The van der Waals surface area contributed by atoms with Crippen LogP contribution in [0.2, 0.25) is 0 Å². The first kappa shape index (κ1) is 22.9. The van der Waals surface area contributed by atoms with Crippen molar-refractivity contribution in [2.45, 2.75) is 25.8 Å². The number of carbonyl (C=O) groups is 2. The van der Waals surface area contributed by atoms with Gasteiger partial charge < -0.3 is 10.6 Å². The molecule has 1 atom stereocenters. The quantitative estimate of drug-likeness (QED) is 0.647. The second kappa shape index (κ2) is 11.6. The Morgan fingerprint density at radius 2 is 1.48 bits per heavy atom. The standard InChI is InChI=1S/C24H31FN4O2/c1-19(7-8-20-5-3-2-4-6-20)26-23(30)17-28-13-15-29(16-14-28)18-24(31)27-22-11-9-21(25)10-12-22/h2-6,9-12,19H,7-8,13-18H2,1H3,(H,26,30)(H,27,31)/t19-/m1/s1. The van der Waals surface area contributed by atoms with Crippen LogP contribution in [0.3, 0.4) is 0 Å². The summed E-state index contributed by atoms with van der Waals surface area (Å²) < 4.78 is 12.9. The van der Waals surface area contributed by atoms with E-state index in [9.17, 15) is 14.0 Å². The summed E-state index contributed by atoms with van der Waals surface area (Å²) in [6, 6.07) is 16.1. The number of anilines is 1. The third-order valence-corrected chi connectivity index (χ3v) is 5.44. The van der Waals surface area contributed by atoms with Crippen molar-refractivity contribution in [1.82, 2.24) is 15.1 Å². The van der Waals surface area contributed by atoms with Gasteiger partial charge in [-0.3, -0.25) is 19.4 Å². The largest absolute Gasteiger partial charge is 0.353 e. The SMILES string of the molecule is C[C@H](CCc1ccccc1)NC(=O)CN1CCN(CC(=O)Nc2ccc(F)cc2)CC1. The monoisotopic (exact) mass is 426 g/mol. The highest BCUT2D eigenvalue weighted by atomic mass is 19.1. The van der Waals surface area contributed by atoms with Crippen LogP contribution in [0.1, 0.15) is 18.9 Å². The zero-order chi connectivity index (χ0) is 22.1. The van der Waals surface area contributed by atoms with E-state index in [4.69, 9.17) is 0 Å². The minimum absolute atomic E-state index is 0.0445. The van der Waals surface area contributed by atoms with Gasteiger partial charge in [-0.15, -0.1) is 0 Å². The maximum Gasteiger partial charge on any atom is 0.238 e. The van der Waals surface area contributed by atoms with Crippen LogP contribution in [0, 0.1) is 5.82 Å². The molecule has 0 radical (unpaired) electrons. The van der Waals surface area contributed by atoms with Gasteiger partial charge in [-0.05, 0) is 49.6 Å². The maximum absolute atomic E-state index is 12.9. The van der Waals surface area contributed by atoms with Gasteiger partial charge in [0.1, 0.15) is 5.82 Å². The first-order chi connectivity index (χ1) is 15.0. The van der Waals surface area contributed by atoms with E-state index in [1.807, 2.05) is 25.1 Å². The maximum atomic E-state index is 12.9. The molecule has 1 aliphatic heterocycles. The van der Waals surface area contributed by atoms with Crippen molar-refractivity contribution in [3.8, 4) is 0 Å². The van der Waals surface area contributed by atoms with Crippen molar-refractivity contribution >= 4 is 17.5 Å². The Labute approximate surface area is 183 Å². The van der Waals surface area contributed by atoms with Crippen LogP contribution in [-0.2, 0) is 16.0 Å². The van der Waals surface area contributed by atoms with Gasteiger partial charge >= 0.3 is 0 Å². The summed E-state index contributed by atoms with van der Waals surface area (Å²) in [6.07, 6.45) is 1.85. The van der Waals surface area contributed by atoms with Crippen molar-refractivity contribution in [2.24, 2.45) is 0 Å². The molecule has 1 saturated heterocycles. The Morgan fingerprint density at radius 1 is 0.903 bits per heavy atom. The van der Waals surface area contributed by atoms with E-state index in [0.29, 0.717) is 12.2 Å². The lowest BCUT2D eigenvalue weighted by Gasteiger charge is -2.34. The molecule has 2 aromatic rings. The predicted molar refractivity (Wildman–Crippen MR) is 120 cm³/mol. The normalized spacial score (nSPS) is 15.9. The molecule has 2 aromatic carbocycles. The van der Waals surface area contributed by atoms with E-state index in [1.165, 1.54) is 17.7 Å². The molecule has 0 bridgehead atoms. The first-order valence-corrected chi connectivity index (χ1v) is 10.8. The smallest absolute Gasteiger partial charge is 0.238 e. The molecule has 2 amide bonds. The summed E-state index contributed by atoms with van der Waals surface area (Å²) in [7, 11) is 0. The van der Waals surface area contributed by atoms with Crippen LogP contribution in [-0.4, -0.2) is 66.9 Å². The van der Waals surface area contributed by atoms with E-state index in [0.717, 1.165) is 39.0 Å². The predicted octanol–water partition coefficient (Wildman–Crippen LogP) is 2.52. The van der Waals surface area contributed by atoms with E-state index >= 15 is 0 Å². The fourth-order valence-electron chi connectivity index (χ4n) is 3.67. The van der Waals surface area contributed by atoms with Crippen molar-refractivity contribution in [2.75, 3.05) is 44.6 Å². The van der Waals surface area contributed by atoms with Gasteiger partial charge in [0.05, 0.1) is 13.1 Å². The molecule has 2 N–H and O–H groups in total. The number of nitrogens with one attached hydrogen (secondary N) is 2. The molecular weight excluding hydrogens is 395 g/mol. The van der Waals surface area contributed by atoms with Crippen LogP contribution in [0.25, 0.3) is 0 Å². The lowest BCUT2D eigenvalue weighted by Crippen LogP contribution is -2.51. The van der Waals surface area contributed by atoms with Crippen LogP contribution in [0.4, 0.5) is 10.1 Å². The molecule has 0 aliphatic carbocycles. The van der Waals surface area contributed by atoms with E-state index in [-0.39, 0.29) is 30.2 Å². The van der Waals surface area contributed by atoms with E-state index in [2.05, 4.69) is 32.6 Å². The van der Waals surface area contributed by atoms with Gasteiger partial charge in [0.15, 0.2) is 0 Å². The molecule has 0 aromatic heterocycles. The second-order valence-electron chi connectivity index (χ2n) is 8.10. The highest BCUT2D eigenvalue weighted by Gasteiger charge is 2.21. The topological polar surface area (TPSA) is 64.7 Å². The van der Waals surface area contributed by atoms with Gasteiger partial charge in [0, 0.05) is 37.9 Å². The van der Waals surface area contributed by atoms with Gasteiger partial charge in [-0.2, -0.15) is 0 Å². The third-order valence-electron chi connectivity index (χ3n) is 5.44. The van der Waals surface area contributed by atoms with Crippen molar-refractivity contribution in [3.05, 3.63) is 66.0 Å². The Balaban J connectivity index is 1.31. The summed E-state index contributed by atoms with van der Waals surface area (Å²) in [4.78, 5) is 28.7. The molecule has 166 valence electrons. The van der Waals surface area contributed by atoms with Crippen LogP contribution in [0.15, 0.2) is 54.6 Å². The molecule has 0 spiro atoms. The van der Waals surface area contributed by atoms with Gasteiger partial charge in [0.2, 0.25) is 11.8 Å². The average Bonchev–Trinajstić information content (AvgIpc) is 2.76. The number of aryl methyl sites for hydroxylation is 1. The molecule has 6 nitrogen and oxygen atoms in total. The fraction of sp³-hybridized carbons (Fsp3) is 0.417. The number of nitrogens with zero attached hydrogens (tertiary/aromatic N) is 2. The van der Waals surface area contributed by atoms with Crippen LogP contribution in [0.5, 0.6) is 0 Å². The van der Waals surface area contributed by atoms with Crippen molar-refractivity contribution < 1.29 is 14.0 Å². The number of amides is 2. The molecule has 1 heterocycles. The second-order valence-corrected chi connectivity index (χ2v) is 8.10. The Morgan fingerprint density at radius 3 is 2.10 bits per heavy atom. The zero-order valence-corrected chi connectivity index (χ0v) is 18.0. The number of halogens is 1. The molecule has 3 rings (SSSR count). The van der Waals surface area contributed by atoms with Crippen LogP contribution < -0.4 is 10.6 Å². The summed E-state index contributed by atoms with van der Waals surface area (Å²) in [6.45, 7) is 5.66. The summed E-state index contributed by atoms with van der Waals surface area (Å²) in [5, 5.41) is 5.87. The summed E-state index contributed by atoms with van der Waals surface area (Å²) >= 11 is 0. The summed E-state index contributed by atoms with van der Waals surface area (Å²) in [5.41, 5.74) is 1.87. The highest BCUT2D eigenvalue weighted by molar-refractivity contribution is 5.92. The first-order valence-electron chi connectivity index (χ1n) is 10.8. The van der Waals surface area contributed by atoms with Gasteiger partial charge in [-0.1, -0.05) is 30.3 Å². The van der Waals surface area contributed by atoms with Gasteiger partial charge in [0.25, 0.3) is 0 Å². The zero-order valence-electron chi connectivity index (χ0n) is 18.0. The van der Waals surface area contributed by atoms with E-state index < -0.39 is 0 Å². The number of benzene rings is 2. The fourth-order valence-corrected chi connectivity index (χ4v) is 3.67. The minimum Gasteiger partial charge on any atom is -0.353 e. The molecular formula is C24H31FN4O2. The Hall–Kier alpha value is -2.77. The lowest BCUT2D eigenvalue weighted by atomic mass is 10.1. The molecule has 7 heteroatoms. The number of rotatable bonds is 9. The van der Waals surface area contributed by atoms with Gasteiger partial charge in [-0.25, -0.2) is 4.39 Å². The third kappa shape index (κ3) is 8.11. The number of hydrogen-bond acceptors (Lipinski definition) is 4. The number of hydrogen-bond donors (Lipinski definition) is 2. The van der Waals surface area contributed by atoms with Crippen molar-refractivity contribution in [1.29, 1.82) is 0 Å². The molecule has 0 unspecified atom stereocenters. The Bertz CT molecular complexity index is 836. The highest BCUT2D eigenvalue weighted by Crippen LogP contribution is 2.09. The molecule has 0 saturated carbocycles. The number of piperazine rings is 1. The lowest BCUT2D eigenvalue weighted by molar-refractivity contribution is -0.124. The molecule has 1 fully saturated rings. The average molecular weight is 427 g/mol. The van der Waals surface area contributed by atoms with Crippen LogP contribution >= 0.6 is 0 Å². The van der Waals surface area contributed by atoms with Crippen molar-refractivity contribution in [3.63, 3.8) is 0 Å². The number of carbonyl (C=O) groups excluding carboxylic acids is 2. The molecule has 31 heavy (non-hydrogen) atoms. The minimum atomic E-state index is -0.330. The van der Waals surface area contributed by atoms with E-state index in [1.54, 1.807) is 12.1 Å². The summed E-state index contributed by atoms with van der Waals surface area (Å²) in [5.74, 6) is -0.406.